The van der Waals surface area contributed by atoms with Crippen molar-refractivity contribution in [1.29, 1.82) is 0 Å². The Labute approximate surface area is 146 Å². The second-order valence-electron chi connectivity index (χ2n) is 5.98. The smallest absolute Gasteiger partial charge is 0.227 e. The Bertz CT molecular complexity index is 922. The van der Waals surface area contributed by atoms with E-state index in [9.17, 15) is 5.11 Å². The molecule has 122 valence electrons. The lowest BCUT2D eigenvalue weighted by atomic mass is 10.0. The van der Waals surface area contributed by atoms with Crippen LogP contribution in [-0.4, -0.2) is 10.1 Å². The lowest BCUT2D eigenvalue weighted by molar-refractivity contribution is 0.475. The molecule has 0 aliphatic rings. The summed E-state index contributed by atoms with van der Waals surface area (Å²) in [7, 11) is 0. The zero-order valence-corrected chi connectivity index (χ0v) is 13.8. The fourth-order valence-electron chi connectivity index (χ4n) is 2.74. The van der Waals surface area contributed by atoms with Crippen molar-refractivity contribution < 1.29 is 9.52 Å². The first-order valence-electron chi connectivity index (χ1n) is 8.13. The molecule has 4 rings (SSSR count). The van der Waals surface area contributed by atoms with Gasteiger partial charge in [-0.15, -0.1) is 0 Å². The van der Waals surface area contributed by atoms with E-state index in [1.807, 2.05) is 54.6 Å². The Balaban J connectivity index is 1.89. The van der Waals surface area contributed by atoms with E-state index in [0.29, 0.717) is 11.7 Å². The van der Waals surface area contributed by atoms with Gasteiger partial charge in [0, 0.05) is 16.7 Å². The Morgan fingerprint density at radius 1 is 0.720 bits per heavy atom. The highest BCUT2D eigenvalue weighted by Crippen LogP contribution is 2.36. The van der Waals surface area contributed by atoms with Gasteiger partial charge in [0.2, 0.25) is 5.89 Å². The van der Waals surface area contributed by atoms with Crippen molar-refractivity contribution in [1.82, 2.24) is 4.98 Å². The first-order chi connectivity index (χ1) is 12.2. The van der Waals surface area contributed by atoms with Crippen LogP contribution < -0.4 is 0 Å². The SMILES string of the molecule is Cc1ccc(-c2nc(-c3ccccc3)oc2-c2ccc(O)cc2)cc1. The third kappa shape index (κ3) is 3.04. The maximum Gasteiger partial charge on any atom is 0.227 e. The van der Waals surface area contributed by atoms with Crippen LogP contribution in [-0.2, 0) is 0 Å². The molecular formula is C22H17NO2. The van der Waals surface area contributed by atoms with E-state index in [1.54, 1.807) is 12.1 Å². The maximum absolute atomic E-state index is 9.56. The molecule has 0 fully saturated rings. The predicted octanol–water partition coefficient (Wildman–Crippen LogP) is 5.69. The molecule has 0 saturated carbocycles. The molecule has 1 aromatic heterocycles. The molecule has 0 atom stereocenters. The summed E-state index contributed by atoms with van der Waals surface area (Å²) in [4.78, 5) is 4.75. The van der Waals surface area contributed by atoms with Crippen molar-refractivity contribution in [3.05, 3.63) is 84.4 Å². The zero-order valence-electron chi connectivity index (χ0n) is 13.8. The number of nitrogens with zero attached hydrogens (tertiary/aromatic N) is 1. The number of oxazole rings is 1. The maximum atomic E-state index is 9.56. The Morgan fingerprint density at radius 3 is 2.04 bits per heavy atom. The van der Waals surface area contributed by atoms with Crippen LogP contribution in [0, 0.1) is 6.92 Å². The minimum absolute atomic E-state index is 0.225. The fraction of sp³-hybridized carbons (Fsp3) is 0.0455. The molecule has 3 heteroatoms. The molecule has 3 aromatic carbocycles. The van der Waals surface area contributed by atoms with E-state index in [-0.39, 0.29) is 5.75 Å². The lowest BCUT2D eigenvalue weighted by Gasteiger charge is -2.02. The number of phenols is 1. The van der Waals surface area contributed by atoms with Gasteiger partial charge in [0.15, 0.2) is 5.76 Å². The summed E-state index contributed by atoms with van der Waals surface area (Å²) in [5.74, 6) is 1.50. The van der Waals surface area contributed by atoms with Gasteiger partial charge in [-0.05, 0) is 43.3 Å². The van der Waals surface area contributed by atoms with Crippen LogP contribution in [0.4, 0.5) is 0 Å². The van der Waals surface area contributed by atoms with E-state index in [4.69, 9.17) is 9.40 Å². The summed E-state index contributed by atoms with van der Waals surface area (Å²) in [5.41, 5.74) is 4.80. The number of aromatic nitrogens is 1. The minimum Gasteiger partial charge on any atom is -0.508 e. The molecule has 3 nitrogen and oxygen atoms in total. The highest BCUT2D eigenvalue weighted by Gasteiger charge is 2.18. The first kappa shape index (κ1) is 15.2. The number of rotatable bonds is 3. The second-order valence-corrected chi connectivity index (χ2v) is 5.98. The van der Waals surface area contributed by atoms with Crippen molar-refractivity contribution in [3.8, 4) is 39.8 Å². The number of hydrogen-bond acceptors (Lipinski definition) is 3. The normalized spacial score (nSPS) is 10.8. The van der Waals surface area contributed by atoms with E-state index in [0.717, 1.165) is 22.4 Å². The van der Waals surface area contributed by atoms with Gasteiger partial charge < -0.3 is 9.52 Å². The van der Waals surface area contributed by atoms with Crippen molar-refractivity contribution in [2.75, 3.05) is 0 Å². The van der Waals surface area contributed by atoms with Crippen molar-refractivity contribution >= 4 is 0 Å². The molecule has 1 N–H and O–H groups in total. The number of phenolic OH excluding ortho intramolecular Hbond substituents is 1. The zero-order chi connectivity index (χ0) is 17.2. The molecule has 0 aliphatic heterocycles. The quantitative estimate of drug-likeness (QED) is 0.526. The summed E-state index contributed by atoms with van der Waals surface area (Å²) in [6, 6.07) is 25.0. The Morgan fingerprint density at radius 2 is 1.36 bits per heavy atom. The van der Waals surface area contributed by atoms with Crippen LogP contribution in [0.1, 0.15) is 5.56 Å². The molecular weight excluding hydrogens is 310 g/mol. The summed E-state index contributed by atoms with van der Waals surface area (Å²) in [5, 5.41) is 9.56. The molecule has 25 heavy (non-hydrogen) atoms. The van der Waals surface area contributed by atoms with Gasteiger partial charge in [0.05, 0.1) is 0 Å². The third-order valence-electron chi connectivity index (χ3n) is 4.10. The Hall–Kier alpha value is -3.33. The first-order valence-corrected chi connectivity index (χ1v) is 8.13. The van der Waals surface area contributed by atoms with Gasteiger partial charge in [-0.25, -0.2) is 4.98 Å². The molecule has 0 unspecified atom stereocenters. The minimum atomic E-state index is 0.225. The lowest BCUT2D eigenvalue weighted by Crippen LogP contribution is -1.83. The summed E-state index contributed by atoms with van der Waals surface area (Å²) in [6.45, 7) is 2.06. The monoisotopic (exact) mass is 327 g/mol. The predicted molar refractivity (Wildman–Crippen MR) is 99.2 cm³/mol. The molecule has 4 aromatic rings. The topological polar surface area (TPSA) is 46.3 Å². The van der Waals surface area contributed by atoms with Crippen LogP contribution in [0.15, 0.2) is 83.3 Å². The van der Waals surface area contributed by atoms with Crippen LogP contribution >= 0.6 is 0 Å². The van der Waals surface area contributed by atoms with Gasteiger partial charge in [-0.3, -0.25) is 0 Å². The number of aryl methyl sites for hydroxylation is 1. The van der Waals surface area contributed by atoms with Crippen LogP contribution in [0.5, 0.6) is 5.75 Å². The average Bonchev–Trinajstić information content (AvgIpc) is 3.09. The summed E-state index contributed by atoms with van der Waals surface area (Å²) >= 11 is 0. The number of benzene rings is 3. The van der Waals surface area contributed by atoms with Crippen LogP contribution in [0.3, 0.4) is 0 Å². The van der Waals surface area contributed by atoms with Gasteiger partial charge in [-0.1, -0.05) is 48.0 Å². The third-order valence-corrected chi connectivity index (χ3v) is 4.10. The number of aromatic hydroxyl groups is 1. The van der Waals surface area contributed by atoms with E-state index in [1.165, 1.54) is 5.56 Å². The second kappa shape index (κ2) is 6.29. The standard InChI is InChI=1S/C22H17NO2/c1-15-7-9-16(10-8-15)20-21(17-11-13-19(24)14-12-17)25-22(23-20)18-5-3-2-4-6-18/h2-14,24H,1H3. The van der Waals surface area contributed by atoms with Crippen LogP contribution in [0.25, 0.3) is 34.0 Å². The van der Waals surface area contributed by atoms with Crippen molar-refractivity contribution in [3.63, 3.8) is 0 Å². The molecule has 0 aliphatic carbocycles. The fourth-order valence-corrected chi connectivity index (χ4v) is 2.74. The summed E-state index contributed by atoms with van der Waals surface area (Å²) < 4.78 is 6.12. The van der Waals surface area contributed by atoms with Crippen LogP contribution in [0.2, 0.25) is 0 Å². The molecule has 0 bridgehead atoms. The van der Waals surface area contributed by atoms with Gasteiger partial charge in [0.1, 0.15) is 11.4 Å². The largest absolute Gasteiger partial charge is 0.508 e. The van der Waals surface area contributed by atoms with E-state index < -0.39 is 0 Å². The van der Waals surface area contributed by atoms with Crippen molar-refractivity contribution in [2.24, 2.45) is 0 Å². The molecule has 1 heterocycles. The Kier molecular flexibility index (Phi) is 3.82. The molecule has 0 amide bonds. The highest BCUT2D eigenvalue weighted by atomic mass is 16.4. The van der Waals surface area contributed by atoms with Gasteiger partial charge >= 0.3 is 0 Å². The average molecular weight is 327 g/mol. The molecule has 0 saturated heterocycles. The highest BCUT2D eigenvalue weighted by molar-refractivity contribution is 5.79. The van der Waals surface area contributed by atoms with Crippen molar-refractivity contribution in [2.45, 2.75) is 6.92 Å². The number of hydrogen-bond donors (Lipinski definition) is 1. The molecule has 0 spiro atoms. The molecule has 0 radical (unpaired) electrons. The van der Waals surface area contributed by atoms with Gasteiger partial charge in [0.25, 0.3) is 0 Å². The van der Waals surface area contributed by atoms with Gasteiger partial charge in [-0.2, -0.15) is 0 Å². The van der Waals surface area contributed by atoms with E-state index in [2.05, 4.69) is 19.1 Å². The van der Waals surface area contributed by atoms with E-state index >= 15 is 0 Å². The summed E-state index contributed by atoms with van der Waals surface area (Å²) in [6.07, 6.45) is 0.